The zero-order chi connectivity index (χ0) is 12.5. The van der Waals surface area contributed by atoms with Crippen LogP contribution in [-0.2, 0) is 0 Å². The SMILES string of the molecule is O=c1[nH]c(-c2nccc3ccccc23)ncc1Br. The monoisotopic (exact) mass is 301 g/mol. The van der Waals surface area contributed by atoms with Gasteiger partial charge in [-0.15, -0.1) is 0 Å². The smallest absolute Gasteiger partial charge is 0.265 e. The highest BCUT2D eigenvalue weighted by Crippen LogP contribution is 2.22. The van der Waals surface area contributed by atoms with Crippen LogP contribution in [0, 0.1) is 0 Å². The summed E-state index contributed by atoms with van der Waals surface area (Å²) in [6, 6.07) is 9.78. The molecular formula is C13H8BrN3O. The fraction of sp³-hybridized carbons (Fsp3) is 0. The maximum absolute atomic E-state index is 11.6. The lowest BCUT2D eigenvalue weighted by atomic mass is 10.1. The topological polar surface area (TPSA) is 58.6 Å². The van der Waals surface area contributed by atoms with Gasteiger partial charge in [0.05, 0.1) is 0 Å². The summed E-state index contributed by atoms with van der Waals surface area (Å²) in [5.41, 5.74) is 0.465. The highest BCUT2D eigenvalue weighted by atomic mass is 79.9. The second-order valence-electron chi connectivity index (χ2n) is 3.79. The second kappa shape index (κ2) is 4.34. The molecule has 1 N–H and O–H groups in total. The Morgan fingerprint density at radius 2 is 1.94 bits per heavy atom. The first-order valence-corrected chi connectivity index (χ1v) is 6.14. The van der Waals surface area contributed by atoms with Gasteiger partial charge in [-0.1, -0.05) is 24.3 Å². The van der Waals surface area contributed by atoms with Gasteiger partial charge in [-0.3, -0.25) is 9.78 Å². The van der Waals surface area contributed by atoms with Crippen molar-refractivity contribution in [1.82, 2.24) is 15.0 Å². The molecule has 18 heavy (non-hydrogen) atoms. The molecule has 1 aromatic carbocycles. The summed E-state index contributed by atoms with van der Waals surface area (Å²) in [5.74, 6) is 0.472. The summed E-state index contributed by atoms with van der Waals surface area (Å²) in [4.78, 5) is 22.8. The molecule has 0 aliphatic carbocycles. The highest BCUT2D eigenvalue weighted by molar-refractivity contribution is 9.10. The van der Waals surface area contributed by atoms with E-state index in [0.717, 1.165) is 10.8 Å². The Balaban J connectivity index is 2.31. The van der Waals surface area contributed by atoms with Gasteiger partial charge in [0.1, 0.15) is 10.2 Å². The zero-order valence-corrected chi connectivity index (χ0v) is 10.8. The van der Waals surface area contributed by atoms with Crippen molar-refractivity contribution in [3.8, 4) is 11.5 Å². The Bertz CT molecular complexity index is 777. The lowest BCUT2D eigenvalue weighted by Crippen LogP contribution is -2.09. The molecule has 0 radical (unpaired) electrons. The number of hydrogen-bond donors (Lipinski definition) is 1. The first-order chi connectivity index (χ1) is 8.75. The second-order valence-corrected chi connectivity index (χ2v) is 4.64. The number of pyridine rings is 1. The van der Waals surface area contributed by atoms with E-state index in [9.17, 15) is 4.79 Å². The molecule has 4 nitrogen and oxygen atoms in total. The van der Waals surface area contributed by atoms with E-state index in [2.05, 4.69) is 30.9 Å². The van der Waals surface area contributed by atoms with Crippen LogP contribution in [0.4, 0.5) is 0 Å². The maximum atomic E-state index is 11.6. The largest absolute Gasteiger partial charge is 0.304 e. The molecular weight excluding hydrogens is 294 g/mol. The third-order valence-electron chi connectivity index (χ3n) is 2.65. The van der Waals surface area contributed by atoms with E-state index in [1.165, 1.54) is 6.20 Å². The van der Waals surface area contributed by atoms with Crippen molar-refractivity contribution in [3.05, 3.63) is 57.6 Å². The van der Waals surface area contributed by atoms with E-state index < -0.39 is 0 Å². The van der Waals surface area contributed by atoms with Crippen LogP contribution < -0.4 is 5.56 Å². The quantitative estimate of drug-likeness (QED) is 0.752. The van der Waals surface area contributed by atoms with Gasteiger partial charge in [0.25, 0.3) is 5.56 Å². The van der Waals surface area contributed by atoms with Crippen LogP contribution in [0.15, 0.2) is 52.0 Å². The molecule has 0 unspecified atom stereocenters. The van der Waals surface area contributed by atoms with Crippen LogP contribution in [0.25, 0.3) is 22.3 Å². The summed E-state index contributed by atoms with van der Waals surface area (Å²) >= 11 is 3.12. The molecule has 2 aromatic heterocycles. The number of aromatic nitrogens is 3. The molecule has 0 bridgehead atoms. The number of benzene rings is 1. The Kier molecular flexibility index (Phi) is 2.68. The lowest BCUT2D eigenvalue weighted by Gasteiger charge is -2.04. The Morgan fingerprint density at radius 3 is 2.78 bits per heavy atom. The van der Waals surface area contributed by atoms with Crippen LogP contribution in [0.2, 0.25) is 0 Å². The van der Waals surface area contributed by atoms with Crippen LogP contribution in [0.5, 0.6) is 0 Å². The van der Waals surface area contributed by atoms with E-state index in [-0.39, 0.29) is 5.56 Å². The molecule has 5 heteroatoms. The summed E-state index contributed by atoms with van der Waals surface area (Å²) < 4.78 is 0.409. The van der Waals surface area contributed by atoms with Gasteiger partial charge < -0.3 is 4.98 Å². The molecule has 88 valence electrons. The number of fused-ring (bicyclic) bond motifs is 1. The van der Waals surface area contributed by atoms with E-state index in [1.54, 1.807) is 6.20 Å². The van der Waals surface area contributed by atoms with Crippen molar-refractivity contribution < 1.29 is 0 Å². The Hall–Kier alpha value is -2.01. The van der Waals surface area contributed by atoms with Gasteiger partial charge in [-0.2, -0.15) is 0 Å². The molecule has 0 spiro atoms. The van der Waals surface area contributed by atoms with Gasteiger partial charge in [0.2, 0.25) is 0 Å². The zero-order valence-electron chi connectivity index (χ0n) is 9.22. The predicted molar refractivity (Wildman–Crippen MR) is 73.3 cm³/mol. The van der Waals surface area contributed by atoms with Gasteiger partial charge in [0, 0.05) is 17.8 Å². The molecule has 2 heterocycles. The first kappa shape index (κ1) is 11.1. The van der Waals surface area contributed by atoms with Crippen LogP contribution in [-0.4, -0.2) is 15.0 Å². The summed E-state index contributed by atoms with van der Waals surface area (Å²) in [5, 5.41) is 2.03. The van der Waals surface area contributed by atoms with Crippen molar-refractivity contribution in [2.24, 2.45) is 0 Å². The summed E-state index contributed by atoms with van der Waals surface area (Å²) in [6.45, 7) is 0. The third kappa shape index (κ3) is 1.82. The molecule has 0 aliphatic heterocycles. The van der Waals surface area contributed by atoms with Crippen LogP contribution in [0.3, 0.4) is 0 Å². The number of H-pyrrole nitrogens is 1. The standard InChI is InChI=1S/C13H8BrN3O/c14-10-7-16-12(17-13(10)18)11-9-4-2-1-3-8(9)5-6-15-11/h1-7H,(H,16,17,18). The van der Waals surface area contributed by atoms with E-state index in [1.807, 2.05) is 30.3 Å². The van der Waals surface area contributed by atoms with Crippen molar-refractivity contribution in [1.29, 1.82) is 0 Å². The minimum atomic E-state index is -0.213. The molecule has 0 saturated carbocycles. The van der Waals surface area contributed by atoms with Crippen molar-refractivity contribution >= 4 is 26.7 Å². The summed E-state index contributed by atoms with van der Waals surface area (Å²) in [7, 11) is 0. The number of hydrogen-bond acceptors (Lipinski definition) is 3. The third-order valence-corrected chi connectivity index (χ3v) is 3.22. The molecule has 0 aliphatic rings. The van der Waals surface area contributed by atoms with Gasteiger partial charge in [-0.25, -0.2) is 4.98 Å². The minimum Gasteiger partial charge on any atom is -0.304 e. The average Bonchev–Trinajstić information content (AvgIpc) is 2.41. The van der Waals surface area contributed by atoms with Gasteiger partial charge in [0.15, 0.2) is 5.82 Å². The number of aromatic amines is 1. The minimum absolute atomic E-state index is 0.213. The molecule has 0 fully saturated rings. The maximum Gasteiger partial charge on any atom is 0.265 e. The van der Waals surface area contributed by atoms with Crippen molar-refractivity contribution in [3.63, 3.8) is 0 Å². The van der Waals surface area contributed by atoms with Gasteiger partial charge in [-0.05, 0) is 27.4 Å². The fourth-order valence-corrected chi connectivity index (χ4v) is 2.01. The number of nitrogens with zero attached hydrogens (tertiary/aromatic N) is 2. The van der Waals surface area contributed by atoms with E-state index in [0.29, 0.717) is 16.0 Å². The number of rotatable bonds is 1. The molecule has 3 aromatic rings. The number of nitrogens with one attached hydrogen (secondary N) is 1. The molecule has 0 amide bonds. The first-order valence-electron chi connectivity index (χ1n) is 5.34. The Labute approximate surface area is 111 Å². The van der Waals surface area contributed by atoms with E-state index >= 15 is 0 Å². The van der Waals surface area contributed by atoms with Gasteiger partial charge >= 0.3 is 0 Å². The van der Waals surface area contributed by atoms with Crippen LogP contribution in [0.1, 0.15) is 0 Å². The van der Waals surface area contributed by atoms with Crippen LogP contribution >= 0.6 is 15.9 Å². The predicted octanol–water partition coefficient (Wildman–Crippen LogP) is 2.75. The molecule has 0 saturated heterocycles. The molecule has 3 rings (SSSR count). The van der Waals surface area contributed by atoms with Crippen molar-refractivity contribution in [2.75, 3.05) is 0 Å². The lowest BCUT2D eigenvalue weighted by molar-refractivity contribution is 1.09. The Morgan fingerprint density at radius 1 is 1.11 bits per heavy atom. The fourth-order valence-electron chi connectivity index (χ4n) is 1.81. The normalized spacial score (nSPS) is 10.7. The van der Waals surface area contributed by atoms with E-state index in [4.69, 9.17) is 0 Å². The number of halogens is 1. The van der Waals surface area contributed by atoms with Crippen molar-refractivity contribution in [2.45, 2.75) is 0 Å². The summed E-state index contributed by atoms with van der Waals surface area (Å²) in [6.07, 6.45) is 3.19. The molecule has 0 atom stereocenters. The average molecular weight is 302 g/mol. The highest BCUT2D eigenvalue weighted by Gasteiger charge is 2.08.